The summed E-state index contributed by atoms with van der Waals surface area (Å²) in [6.07, 6.45) is 0.507. The van der Waals surface area contributed by atoms with E-state index >= 15 is 0 Å². The minimum atomic E-state index is -0.879. The molecule has 0 spiro atoms. The van der Waals surface area contributed by atoms with Crippen molar-refractivity contribution >= 4 is 11.8 Å². The van der Waals surface area contributed by atoms with Crippen LogP contribution in [0, 0.1) is 5.92 Å². The van der Waals surface area contributed by atoms with Crippen LogP contribution in [0.5, 0.6) is 5.75 Å². The summed E-state index contributed by atoms with van der Waals surface area (Å²) in [4.78, 5) is 30.4. The fraction of sp³-hybridized carbons (Fsp3) is 0.417. The highest BCUT2D eigenvalue weighted by atomic mass is 16.5. The van der Waals surface area contributed by atoms with Gasteiger partial charge in [0.1, 0.15) is 11.3 Å². The minimum Gasteiger partial charge on any atom is -0.497 e. The fourth-order valence-corrected chi connectivity index (χ4v) is 4.51. The van der Waals surface area contributed by atoms with Crippen LogP contribution in [0.25, 0.3) is 0 Å². The molecule has 0 aliphatic carbocycles. The molecule has 0 radical (unpaired) electrons. The van der Waals surface area contributed by atoms with E-state index in [1.165, 1.54) is 0 Å². The van der Waals surface area contributed by atoms with E-state index in [1.807, 2.05) is 66.4 Å². The summed E-state index contributed by atoms with van der Waals surface area (Å²) in [6.45, 7) is 4.48. The average Bonchev–Trinajstić information content (AvgIpc) is 2.82. The number of methoxy groups -OCH3 is 1. The lowest BCUT2D eigenvalue weighted by atomic mass is 9.69. The number of hydrogen-bond acceptors (Lipinski definition) is 4. The van der Waals surface area contributed by atoms with Gasteiger partial charge in [-0.05, 0) is 23.3 Å². The predicted octanol–water partition coefficient (Wildman–Crippen LogP) is 2.51. The molecule has 0 saturated carbocycles. The molecule has 2 aliphatic heterocycles. The van der Waals surface area contributed by atoms with Crippen molar-refractivity contribution in [1.29, 1.82) is 0 Å². The number of carbonyl (C=O) groups excluding carboxylic acids is 2. The van der Waals surface area contributed by atoms with Gasteiger partial charge in [-0.25, -0.2) is 0 Å². The highest BCUT2D eigenvalue weighted by Gasteiger charge is 2.63. The summed E-state index contributed by atoms with van der Waals surface area (Å²) in [6, 6.07) is 17.6. The number of benzene rings is 2. The number of rotatable bonds is 6. The standard InChI is InChI=1S/C24H28N2O4/c1-18-22(27)26(17-20-8-10-21(29-2)11-9-20)24(18,16-19-6-4-3-5-7-19)23(28)25-12-14-30-15-13-25/h3-11,18H,12-17H2,1-2H3/t18-,24+/m1/s1. The van der Waals surface area contributed by atoms with Crippen LogP contribution >= 0.6 is 0 Å². The maximum atomic E-state index is 13.8. The molecule has 2 fully saturated rings. The van der Waals surface area contributed by atoms with Gasteiger partial charge in [-0.15, -0.1) is 0 Å². The Balaban J connectivity index is 1.67. The molecule has 2 aliphatic rings. The quantitative estimate of drug-likeness (QED) is 0.690. The van der Waals surface area contributed by atoms with Gasteiger partial charge in [0.2, 0.25) is 11.8 Å². The number of hydrogen-bond donors (Lipinski definition) is 0. The predicted molar refractivity (Wildman–Crippen MR) is 113 cm³/mol. The third-order valence-corrected chi connectivity index (χ3v) is 6.32. The number of ether oxygens (including phenoxy) is 2. The van der Waals surface area contributed by atoms with E-state index in [4.69, 9.17) is 9.47 Å². The Bertz CT molecular complexity index is 893. The first-order chi connectivity index (χ1) is 14.6. The monoisotopic (exact) mass is 408 g/mol. The molecule has 2 saturated heterocycles. The molecule has 2 aromatic carbocycles. The largest absolute Gasteiger partial charge is 0.497 e. The molecule has 0 aromatic heterocycles. The molecular weight excluding hydrogens is 380 g/mol. The van der Waals surface area contributed by atoms with Gasteiger partial charge in [0.15, 0.2) is 0 Å². The number of morpholine rings is 1. The summed E-state index contributed by atoms with van der Waals surface area (Å²) in [5, 5.41) is 0. The Kier molecular flexibility index (Phi) is 5.77. The first-order valence-corrected chi connectivity index (χ1v) is 10.4. The van der Waals surface area contributed by atoms with Gasteiger partial charge in [0, 0.05) is 26.1 Å². The topological polar surface area (TPSA) is 59.1 Å². The molecule has 30 heavy (non-hydrogen) atoms. The first kappa shape index (κ1) is 20.4. The van der Waals surface area contributed by atoms with Crippen LogP contribution in [0.3, 0.4) is 0 Å². The second kappa shape index (κ2) is 8.48. The van der Waals surface area contributed by atoms with E-state index in [0.717, 1.165) is 16.9 Å². The van der Waals surface area contributed by atoms with Gasteiger partial charge in [0.25, 0.3) is 0 Å². The molecule has 0 N–H and O–H groups in total. The molecular formula is C24H28N2O4. The van der Waals surface area contributed by atoms with Crippen LogP contribution in [0.15, 0.2) is 54.6 Å². The molecule has 6 nitrogen and oxygen atoms in total. The van der Waals surface area contributed by atoms with E-state index in [2.05, 4.69) is 0 Å². The van der Waals surface area contributed by atoms with Crippen molar-refractivity contribution in [2.45, 2.75) is 25.4 Å². The van der Waals surface area contributed by atoms with E-state index in [-0.39, 0.29) is 17.7 Å². The zero-order valence-corrected chi connectivity index (χ0v) is 17.5. The van der Waals surface area contributed by atoms with Crippen LogP contribution in [-0.4, -0.2) is 60.6 Å². The summed E-state index contributed by atoms with van der Waals surface area (Å²) in [5.74, 6) is 0.437. The number of carbonyl (C=O) groups is 2. The lowest BCUT2D eigenvalue weighted by Gasteiger charge is -2.57. The van der Waals surface area contributed by atoms with Crippen molar-refractivity contribution in [1.82, 2.24) is 9.80 Å². The van der Waals surface area contributed by atoms with Crippen molar-refractivity contribution in [3.63, 3.8) is 0 Å². The SMILES string of the molecule is COc1ccc(CN2C(=O)[C@@H](C)[C@@]2(Cc2ccccc2)C(=O)N2CCOCC2)cc1. The van der Waals surface area contributed by atoms with E-state index in [9.17, 15) is 9.59 Å². The van der Waals surface area contributed by atoms with Gasteiger partial charge < -0.3 is 19.3 Å². The third kappa shape index (κ3) is 3.56. The van der Waals surface area contributed by atoms with Gasteiger partial charge in [-0.1, -0.05) is 49.4 Å². The first-order valence-electron chi connectivity index (χ1n) is 10.4. The molecule has 2 aromatic rings. The van der Waals surface area contributed by atoms with Gasteiger partial charge >= 0.3 is 0 Å². The number of β-lactam (4-membered cyclic amide) rings is 1. The van der Waals surface area contributed by atoms with E-state index < -0.39 is 5.54 Å². The van der Waals surface area contributed by atoms with Crippen LogP contribution in [0.2, 0.25) is 0 Å². The molecule has 158 valence electrons. The number of amides is 2. The maximum absolute atomic E-state index is 13.8. The molecule has 2 atom stereocenters. The smallest absolute Gasteiger partial charge is 0.249 e. The molecule has 0 bridgehead atoms. The lowest BCUT2D eigenvalue weighted by molar-refractivity contribution is -0.185. The molecule has 2 amide bonds. The Hall–Kier alpha value is -2.86. The van der Waals surface area contributed by atoms with Crippen LogP contribution in [0.4, 0.5) is 0 Å². The molecule has 4 rings (SSSR count). The Morgan fingerprint density at radius 2 is 1.73 bits per heavy atom. The van der Waals surface area contributed by atoms with Crippen molar-refractivity contribution in [2.75, 3.05) is 33.4 Å². The zero-order valence-electron chi connectivity index (χ0n) is 17.5. The van der Waals surface area contributed by atoms with Gasteiger partial charge in [-0.2, -0.15) is 0 Å². The molecule has 2 heterocycles. The molecule has 6 heteroatoms. The molecule has 0 unspecified atom stereocenters. The van der Waals surface area contributed by atoms with Crippen LogP contribution < -0.4 is 4.74 Å². The second-order valence-corrected chi connectivity index (χ2v) is 7.99. The maximum Gasteiger partial charge on any atom is 0.249 e. The highest BCUT2D eigenvalue weighted by molar-refractivity contribution is 6.03. The van der Waals surface area contributed by atoms with E-state index in [1.54, 1.807) is 12.0 Å². The lowest BCUT2D eigenvalue weighted by Crippen LogP contribution is -2.77. The van der Waals surface area contributed by atoms with Crippen molar-refractivity contribution in [3.8, 4) is 5.75 Å². The van der Waals surface area contributed by atoms with E-state index in [0.29, 0.717) is 39.3 Å². The normalized spacial score (nSPS) is 23.8. The third-order valence-electron chi connectivity index (χ3n) is 6.32. The minimum absolute atomic E-state index is 0.0170. The second-order valence-electron chi connectivity index (χ2n) is 7.99. The van der Waals surface area contributed by atoms with Crippen molar-refractivity contribution in [3.05, 3.63) is 65.7 Å². The Labute approximate surface area is 177 Å². The highest BCUT2D eigenvalue weighted by Crippen LogP contribution is 2.43. The Morgan fingerprint density at radius 3 is 2.37 bits per heavy atom. The summed E-state index contributed by atoms with van der Waals surface area (Å²) >= 11 is 0. The number of nitrogens with zero attached hydrogens (tertiary/aromatic N) is 2. The van der Waals surface area contributed by atoms with Crippen LogP contribution in [-0.2, 0) is 27.3 Å². The summed E-state index contributed by atoms with van der Waals surface area (Å²) in [5.41, 5.74) is 1.15. The fourth-order valence-electron chi connectivity index (χ4n) is 4.51. The summed E-state index contributed by atoms with van der Waals surface area (Å²) < 4.78 is 10.7. The average molecular weight is 408 g/mol. The van der Waals surface area contributed by atoms with Gasteiger partial charge in [-0.3, -0.25) is 9.59 Å². The summed E-state index contributed by atoms with van der Waals surface area (Å²) in [7, 11) is 1.63. The zero-order chi connectivity index (χ0) is 21.1. The Morgan fingerprint density at radius 1 is 1.07 bits per heavy atom. The number of likely N-dealkylation sites (tertiary alicyclic amines) is 1. The van der Waals surface area contributed by atoms with Gasteiger partial charge in [0.05, 0.1) is 26.2 Å². The van der Waals surface area contributed by atoms with Crippen molar-refractivity contribution < 1.29 is 19.1 Å². The van der Waals surface area contributed by atoms with Crippen LogP contribution in [0.1, 0.15) is 18.1 Å². The van der Waals surface area contributed by atoms with Crippen molar-refractivity contribution in [2.24, 2.45) is 5.92 Å².